The van der Waals surface area contributed by atoms with Gasteiger partial charge in [-0.15, -0.1) is 0 Å². The second kappa shape index (κ2) is 10.3. The maximum atomic E-state index is 11.9. The fourth-order valence-electron chi connectivity index (χ4n) is 4.51. The molecule has 10 nitrogen and oxygen atoms in total. The number of nitriles is 1. The number of carbonyl (C=O) groups is 2. The zero-order valence-corrected chi connectivity index (χ0v) is 18.6. The van der Waals surface area contributed by atoms with Gasteiger partial charge in [0.05, 0.1) is 6.07 Å². The molecule has 33 heavy (non-hydrogen) atoms. The molecule has 2 fully saturated rings. The Morgan fingerprint density at radius 1 is 1.09 bits per heavy atom. The van der Waals surface area contributed by atoms with Crippen LogP contribution in [0.5, 0.6) is 0 Å². The molecule has 10 heteroatoms. The summed E-state index contributed by atoms with van der Waals surface area (Å²) < 4.78 is 0. The topological polar surface area (TPSA) is 139 Å². The Labute approximate surface area is 193 Å². The van der Waals surface area contributed by atoms with Crippen LogP contribution in [0.15, 0.2) is 40.8 Å². The lowest BCUT2D eigenvalue weighted by atomic mass is 9.89. The number of hydrogen-bond acceptors (Lipinski definition) is 8. The van der Waals surface area contributed by atoms with Gasteiger partial charge in [-0.3, -0.25) is 20.4 Å². The molecule has 1 aromatic rings. The van der Waals surface area contributed by atoms with Gasteiger partial charge >= 0.3 is 0 Å². The van der Waals surface area contributed by atoms with E-state index in [0.717, 1.165) is 44.5 Å². The van der Waals surface area contributed by atoms with Gasteiger partial charge in [0.25, 0.3) is 5.91 Å². The van der Waals surface area contributed by atoms with Gasteiger partial charge in [-0.05, 0) is 55.7 Å². The number of primary amides is 1. The van der Waals surface area contributed by atoms with E-state index in [2.05, 4.69) is 38.2 Å². The van der Waals surface area contributed by atoms with E-state index < -0.39 is 5.91 Å². The maximum Gasteiger partial charge on any atom is 0.270 e. The molecule has 0 aromatic heterocycles. The molecule has 5 N–H and O–H groups in total. The summed E-state index contributed by atoms with van der Waals surface area (Å²) >= 11 is 0. The number of carbonyl (C=O) groups excluding carboxylic acids is 2. The van der Waals surface area contributed by atoms with Crippen LogP contribution in [0.25, 0.3) is 0 Å². The van der Waals surface area contributed by atoms with Crippen LogP contribution in [0.1, 0.15) is 50.0 Å². The number of likely N-dealkylation sites (tertiary alicyclic amines) is 2. The van der Waals surface area contributed by atoms with Crippen molar-refractivity contribution in [2.75, 3.05) is 31.5 Å². The third-order valence-electron chi connectivity index (χ3n) is 6.38. The minimum atomic E-state index is -0.597. The van der Waals surface area contributed by atoms with Crippen molar-refractivity contribution in [3.05, 3.63) is 41.3 Å². The molecule has 3 aliphatic heterocycles. The molecule has 0 aliphatic carbocycles. The highest BCUT2D eigenvalue weighted by atomic mass is 16.2. The van der Waals surface area contributed by atoms with Crippen LogP contribution in [0.2, 0.25) is 0 Å². The molecule has 4 rings (SSSR count). The average molecular weight is 451 g/mol. The van der Waals surface area contributed by atoms with E-state index in [-0.39, 0.29) is 18.0 Å². The number of hydrazine groups is 1. The lowest BCUT2D eigenvalue weighted by molar-refractivity contribution is -0.131. The number of amides is 2. The first-order valence-corrected chi connectivity index (χ1v) is 11.5. The molecule has 2 amide bonds. The van der Waals surface area contributed by atoms with Crippen molar-refractivity contribution in [3.63, 3.8) is 0 Å². The molecule has 0 radical (unpaired) electrons. The lowest BCUT2D eigenvalue weighted by Crippen LogP contribution is -2.53. The van der Waals surface area contributed by atoms with Gasteiger partial charge in [0.2, 0.25) is 11.9 Å². The summed E-state index contributed by atoms with van der Waals surface area (Å²) in [5.41, 5.74) is 13.6. The SMILES string of the molecule is N#CCC(=O)N1CCC(c2ccc(NC3=C(C(N)=O)NNC(N4CCCCC4)=N3)cc2)CC1. The van der Waals surface area contributed by atoms with Crippen molar-refractivity contribution in [2.24, 2.45) is 10.7 Å². The van der Waals surface area contributed by atoms with Gasteiger partial charge in [0, 0.05) is 31.9 Å². The van der Waals surface area contributed by atoms with Gasteiger partial charge in [0.15, 0.2) is 11.5 Å². The number of hydrogen-bond donors (Lipinski definition) is 4. The highest BCUT2D eigenvalue weighted by Crippen LogP contribution is 2.29. The van der Waals surface area contributed by atoms with E-state index in [1.54, 1.807) is 4.90 Å². The molecular weight excluding hydrogens is 420 g/mol. The predicted octanol–water partition coefficient (Wildman–Crippen LogP) is 1.32. The van der Waals surface area contributed by atoms with Crippen molar-refractivity contribution in [1.29, 1.82) is 5.26 Å². The third kappa shape index (κ3) is 5.37. The van der Waals surface area contributed by atoms with Gasteiger partial charge < -0.3 is 20.9 Å². The molecule has 1 aromatic carbocycles. The minimum Gasteiger partial charge on any atom is -0.364 e. The molecule has 3 aliphatic rings. The van der Waals surface area contributed by atoms with E-state index in [0.29, 0.717) is 30.8 Å². The Kier molecular flexibility index (Phi) is 6.98. The Morgan fingerprint density at radius 3 is 2.42 bits per heavy atom. The minimum absolute atomic E-state index is 0.0551. The number of piperidine rings is 2. The largest absolute Gasteiger partial charge is 0.364 e. The fourth-order valence-corrected chi connectivity index (χ4v) is 4.51. The maximum absolute atomic E-state index is 11.9. The number of benzene rings is 1. The van der Waals surface area contributed by atoms with Crippen LogP contribution >= 0.6 is 0 Å². The summed E-state index contributed by atoms with van der Waals surface area (Å²) in [5, 5.41) is 11.9. The van der Waals surface area contributed by atoms with Crippen molar-refractivity contribution >= 4 is 23.5 Å². The van der Waals surface area contributed by atoms with Crippen LogP contribution in [0, 0.1) is 11.3 Å². The highest BCUT2D eigenvalue weighted by molar-refractivity contribution is 5.95. The highest BCUT2D eigenvalue weighted by Gasteiger charge is 2.25. The normalized spacial score (nSPS) is 19.2. The Balaban J connectivity index is 1.42. The van der Waals surface area contributed by atoms with Gasteiger partial charge in [-0.25, -0.2) is 0 Å². The number of guanidine groups is 1. The summed E-state index contributed by atoms with van der Waals surface area (Å²) in [6.07, 6.45) is 5.14. The quantitative estimate of drug-likeness (QED) is 0.531. The summed E-state index contributed by atoms with van der Waals surface area (Å²) in [6, 6.07) is 9.98. The molecule has 0 atom stereocenters. The number of nitrogens with zero attached hydrogens (tertiary/aromatic N) is 4. The standard InChI is InChI=1S/C23H30N8O2/c24-11-8-19(32)30-14-9-17(10-15-30)16-4-6-18(7-5-16)26-22-20(21(25)33)28-29-23(27-22)31-12-2-1-3-13-31/h4-7,17,26,28H,1-3,8-10,12-15H2,(H2,25,33)(H,27,29). The van der Waals surface area contributed by atoms with Crippen molar-refractivity contribution in [2.45, 2.75) is 44.4 Å². The molecular formula is C23H30N8O2. The molecule has 2 saturated heterocycles. The Hall–Kier alpha value is -3.74. The monoisotopic (exact) mass is 450 g/mol. The first-order valence-electron chi connectivity index (χ1n) is 11.5. The molecule has 3 heterocycles. The third-order valence-corrected chi connectivity index (χ3v) is 6.38. The van der Waals surface area contributed by atoms with Crippen LogP contribution in [-0.4, -0.2) is 53.8 Å². The molecule has 174 valence electrons. The Bertz CT molecular complexity index is 981. The zero-order valence-electron chi connectivity index (χ0n) is 18.6. The van der Waals surface area contributed by atoms with E-state index >= 15 is 0 Å². The summed E-state index contributed by atoms with van der Waals surface area (Å²) in [4.78, 5) is 32.4. The van der Waals surface area contributed by atoms with E-state index in [4.69, 9.17) is 11.0 Å². The summed E-state index contributed by atoms with van der Waals surface area (Å²) in [7, 11) is 0. The van der Waals surface area contributed by atoms with Crippen LogP contribution < -0.4 is 21.9 Å². The lowest BCUT2D eigenvalue weighted by Gasteiger charge is -2.33. The van der Waals surface area contributed by atoms with Crippen molar-refractivity contribution in [3.8, 4) is 6.07 Å². The molecule has 0 bridgehead atoms. The first-order chi connectivity index (χ1) is 16.0. The Morgan fingerprint density at radius 2 is 1.79 bits per heavy atom. The fraction of sp³-hybridized carbons (Fsp3) is 0.478. The first kappa shape index (κ1) is 22.5. The number of nitrogens with one attached hydrogen (secondary N) is 3. The van der Waals surface area contributed by atoms with Crippen LogP contribution in [-0.2, 0) is 9.59 Å². The molecule has 0 spiro atoms. The number of rotatable bonds is 5. The molecule has 0 unspecified atom stereocenters. The number of aliphatic imine (C=N–C) groups is 1. The van der Waals surface area contributed by atoms with E-state index in [1.165, 1.54) is 12.0 Å². The summed E-state index contributed by atoms with van der Waals surface area (Å²) in [6.45, 7) is 3.18. The van der Waals surface area contributed by atoms with Gasteiger partial charge in [0.1, 0.15) is 6.42 Å². The summed E-state index contributed by atoms with van der Waals surface area (Å²) in [5.74, 6) is 0.750. The van der Waals surface area contributed by atoms with E-state index in [9.17, 15) is 9.59 Å². The molecule has 0 saturated carbocycles. The second-order valence-corrected chi connectivity index (χ2v) is 8.56. The predicted molar refractivity (Wildman–Crippen MR) is 124 cm³/mol. The zero-order chi connectivity index (χ0) is 23.2. The van der Waals surface area contributed by atoms with Gasteiger partial charge in [-0.1, -0.05) is 12.1 Å². The van der Waals surface area contributed by atoms with Crippen LogP contribution in [0.4, 0.5) is 5.69 Å². The van der Waals surface area contributed by atoms with Crippen LogP contribution in [0.3, 0.4) is 0 Å². The number of anilines is 1. The number of nitrogens with two attached hydrogens (primary N) is 1. The van der Waals surface area contributed by atoms with Gasteiger partial charge in [-0.2, -0.15) is 10.3 Å². The van der Waals surface area contributed by atoms with E-state index in [1.807, 2.05) is 18.2 Å². The van der Waals surface area contributed by atoms with Crippen molar-refractivity contribution < 1.29 is 9.59 Å². The van der Waals surface area contributed by atoms with Crippen molar-refractivity contribution in [1.82, 2.24) is 20.7 Å². The second-order valence-electron chi connectivity index (χ2n) is 8.56. The average Bonchev–Trinajstić information content (AvgIpc) is 2.85. The smallest absolute Gasteiger partial charge is 0.270 e.